The van der Waals surface area contributed by atoms with Crippen LogP contribution in [0.2, 0.25) is 0 Å². The lowest BCUT2D eigenvalue weighted by Gasteiger charge is -2.29. The fourth-order valence-electron chi connectivity index (χ4n) is 1.92. The Balaban J connectivity index is 2.17. The summed E-state index contributed by atoms with van der Waals surface area (Å²) in [6.07, 6.45) is 4.21. The maximum atomic E-state index is 12.1. The third-order valence-corrected chi connectivity index (χ3v) is 5.55. The van der Waals surface area contributed by atoms with Gasteiger partial charge in [-0.25, -0.2) is 12.7 Å². The molecule has 0 aromatic heterocycles. The summed E-state index contributed by atoms with van der Waals surface area (Å²) in [5.41, 5.74) is 0.854. The minimum Gasteiger partial charge on any atom is -0.355 e. The Hall–Kier alpha value is -1.05. The smallest absolute Gasteiger partial charge is 0.244 e. The Bertz CT molecular complexity index is 598. The number of nitrogens with zero attached hydrogens (tertiary/aromatic N) is 1. The van der Waals surface area contributed by atoms with E-state index >= 15 is 0 Å². The van der Waals surface area contributed by atoms with E-state index in [9.17, 15) is 13.2 Å². The van der Waals surface area contributed by atoms with Gasteiger partial charge < -0.3 is 4.74 Å². The van der Waals surface area contributed by atoms with Crippen LogP contribution in [-0.4, -0.2) is 51.6 Å². The molecule has 0 unspecified atom stereocenters. The van der Waals surface area contributed by atoms with Crippen molar-refractivity contribution in [2.45, 2.75) is 0 Å². The molecule has 0 amide bonds. The van der Waals surface area contributed by atoms with E-state index in [1.54, 1.807) is 24.3 Å². The van der Waals surface area contributed by atoms with Gasteiger partial charge in [-0.05, 0) is 23.0 Å². The molecular formula is C13H18NO4S2+. The highest BCUT2D eigenvalue weighted by Crippen LogP contribution is 2.28. The number of carbonyl (C=O) groups is 1. The molecule has 1 heterocycles. The number of hydrogen-bond donors (Lipinski definition) is 0. The van der Waals surface area contributed by atoms with Gasteiger partial charge in [0.05, 0.1) is 24.8 Å². The minimum absolute atomic E-state index is 0.0379. The third-order valence-electron chi connectivity index (χ3n) is 2.97. The highest BCUT2D eigenvalue weighted by molar-refractivity contribution is 7.95. The van der Waals surface area contributed by atoms with Gasteiger partial charge >= 0.3 is 0 Å². The molecule has 5 nitrogen and oxygen atoms in total. The Morgan fingerprint density at radius 1 is 1.30 bits per heavy atom. The quantitative estimate of drug-likeness (QED) is 0.597. The molecular weight excluding hydrogens is 298 g/mol. The van der Waals surface area contributed by atoms with Crippen LogP contribution >= 0.6 is 0 Å². The molecule has 0 spiro atoms. The van der Waals surface area contributed by atoms with E-state index in [1.165, 1.54) is 4.31 Å². The molecule has 110 valence electrons. The summed E-state index contributed by atoms with van der Waals surface area (Å²) in [6, 6.07) is 6.73. The third kappa shape index (κ3) is 3.34. The Morgan fingerprint density at radius 2 is 2.00 bits per heavy atom. The summed E-state index contributed by atoms with van der Waals surface area (Å²) in [5, 5.41) is 0. The number of benzene rings is 1. The number of sulfonamides is 1. The molecule has 1 aromatic rings. The molecule has 20 heavy (non-hydrogen) atoms. The van der Waals surface area contributed by atoms with Gasteiger partial charge in [0.15, 0.2) is 5.78 Å². The largest absolute Gasteiger partial charge is 0.355 e. The van der Waals surface area contributed by atoms with Gasteiger partial charge in [0.2, 0.25) is 10.0 Å². The molecule has 0 atom stereocenters. The zero-order valence-electron chi connectivity index (χ0n) is 11.5. The number of rotatable bonds is 5. The molecule has 0 bridgehead atoms. The summed E-state index contributed by atoms with van der Waals surface area (Å²) in [4.78, 5) is 11.8. The van der Waals surface area contributed by atoms with Crippen LogP contribution in [0.15, 0.2) is 24.3 Å². The second-order valence-corrected chi connectivity index (χ2v) is 9.04. The van der Waals surface area contributed by atoms with Crippen LogP contribution in [0.1, 0.15) is 10.4 Å². The number of carbonyl (C=O) groups excluding carboxylic acids is 1. The molecule has 7 heteroatoms. The number of ether oxygens (including phenoxy) is 1. The minimum atomic E-state index is -3.63. The van der Waals surface area contributed by atoms with Crippen LogP contribution in [-0.2, 0) is 25.7 Å². The fourth-order valence-corrected chi connectivity index (χ4v) is 3.71. The maximum absolute atomic E-state index is 12.1. The topological polar surface area (TPSA) is 63.7 Å². The van der Waals surface area contributed by atoms with E-state index in [0.29, 0.717) is 17.9 Å². The van der Waals surface area contributed by atoms with E-state index in [2.05, 4.69) is 12.5 Å². The van der Waals surface area contributed by atoms with Gasteiger partial charge in [-0.2, -0.15) is 0 Å². The first kappa shape index (κ1) is 15.3. The van der Waals surface area contributed by atoms with Crippen molar-refractivity contribution in [2.75, 3.05) is 41.7 Å². The first-order valence-electron chi connectivity index (χ1n) is 6.16. The van der Waals surface area contributed by atoms with Crippen molar-refractivity contribution in [3.63, 3.8) is 0 Å². The molecule has 0 fully saturated rings. The zero-order chi connectivity index (χ0) is 14.8. The average Bonchev–Trinajstić information content (AvgIpc) is 2.36. The Labute approximate surface area is 122 Å². The second kappa shape index (κ2) is 6.15. The highest BCUT2D eigenvalue weighted by Gasteiger charge is 2.34. The van der Waals surface area contributed by atoms with E-state index < -0.39 is 15.8 Å². The number of fused-ring (bicyclic) bond motifs is 1. The van der Waals surface area contributed by atoms with Crippen LogP contribution in [0.4, 0.5) is 5.69 Å². The highest BCUT2D eigenvalue weighted by atomic mass is 32.2. The fraction of sp³-hybridized carbons (Fsp3) is 0.462. The molecule has 0 saturated heterocycles. The van der Waals surface area contributed by atoms with Crippen molar-refractivity contribution < 1.29 is 17.9 Å². The number of Topliss-reactive ketones (excluding diaryl/α,β-unsaturated/α-hetero) is 1. The second-order valence-electron chi connectivity index (χ2n) is 4.77. The number of para-hydroxylation sites is 1. The number of hydrogen-bond acceptors (Lipinski definition) is 4. The number of ketones is 1. The standard InChI is InChI=1S/C13H18NO4S2/c1-19(2)8-7-18-10-14-12-6-4-3-5-11(12)13(15)9-20(14,16)17/h3-6H,7-10H2,1-2H3/q+1. The van der Waals surface area contributed by atoms with Crippen LogP contribution in [0, 0.1) is 0 Å². The molecule has 2 rings (SSSR count). The summed E-state index contributed by atoms with van der Waals surface area (Å²) in [7, 11) is -3.36. The van der Waals surface area contributed by atoms with Crippen LogP contribution in [0.3, 0.4) is 0 Å². The first-order chi connectivity index (χ1) is 9.42. The zero-order valence-corrected chi connectivity index (χ0v) is 13.2. The number of anilines is 1. The van der Waals surface area contributed by atoms with Gasteiger partial charge in [0, 0.05) is 5.56 Å². The van der Waals surface area contributed by atoms with Gasteiger partial charge in [0.25, 0.3) is 0 Å². The van der Waals surface area contributed by atoms with Crippen LogP contribution in [0.5, 0.6) is 0 Å². The predicted molar refractivity (Wildman–Crippen MR) is 81.9 cm³/mol. The lowest BCUT2D eigenvalue weighted by Crippen LogP contribution is -2.42. The van der Waals surface area contributed by atoms with Crippen molar-refractivity contribution in [2.24, 2.45) is 0 Å². The first-order valence-corrected chi connectivity index (χ1v) is 9.98. The van der Waals surface area contributed by atoms with Crippen molar-refractivity contribution in [3.8, 4) is 0 Å². The van der Waals surface area contributed by atoms with Crippen LogP contribution < -0.4 is 4.31 Å². The monoisotopic (exact) mass is 316 g/mol. The Morgan fingerprint density at radius 3 is 2.70 bits per heavy atom. The molecule has 0 radical (unpaired) electrons. The summed E-state index contributed by atoms with van der Waals surface area (Å²) in [6.45, 7) is 0.474. The summed E-state index contributed by atoms with van der Waals surface area (Å²) in [5.74, 6) is 0.0498. The van der Waals surface area contributed by atoms with Gasteiger partial charge in [0.1, 0.15) is 18.2 Å². The average molecular weight is 316 g/mol. The van der Waals surface area contributed by atoms with Gasteiger partial charge in [-0.15, -0.1) is 0 Å². The molecule has 1 aromatic carbocycles. The van der Waals surface area contributed by atoms with E-state index in [-0.39, 0.29) is 23.4 Å². The molecule has 1 aliphatic rings. The molecule has 0 N–H and O–H groups in total. The van der Waals surface area contributed by atoms with E-state index in [1.807, 2.05) is 0 Å². The normalized spacial score (nSPS) is 17.4. The SMILES string of the molecule is C[S+](C)CCOCN1c2ccccc2C(=O)CS1(=O)=O. The maximum Gasteiger partial charge on any atom is 0.244 e. The predicted octanol–water partition coefficient (Wildman–Crippen LogP) is 0.871. The van der Waals surface area contributed by atoms with Gasteiger partial charge in [-0.1, -0.05) is 12.1 Å². The lowest BCUT2D eigenvalue weighted by molar-refractivity contribution is 0.101. The van der Waals surface area contributed by atoms with Gasteiger partial charge in [-0.3, -0.25) is 4.79 Å². The van der Waals surface area contributed by atoms with Crippen molar-refractivity contribution in [1.29, 1.82) is 0 Å². The van der Waals surface area contributed by atoms with Crippen molar-refractivity contribution in [3.05, 3.63) is 29.8 Å². The molecule has 1 aliphatic heterocycles. The summed E-state index contributed by atoms with van der Waals surface area (Å²) < 4.78 is 30.9. The summed E-state index contributed by atoms with van der Waals surface area (Å²) >= 11 is 0. The lowest BCUT2D eigenvalue weighted by atomic mass is 10.1. The van der Waals surface area contributed by atoms with Crippen molar-refractivity contribution >= 4 is 32.4 Å². The molecule has 0 aliphatic carbocycles. The van der Waals surface area contributed by atoms with E-state index in [4.69, 9.17) is 4.74 Å². The van der Waals surface area contributed by atoms with E-state index in [0.717, 1.165) is 5.75 Å². The Kier molecular flexibility index (Phi) is 4.72. The van der Waals surface area contributed by atoms with Crippen LogP contribution in [0.25, 0.3) is 0 Å². The molecule has 0 saturated carbocycles. The van der Waals surface area contributed by atoms with Crippen molar-refractivity contribution in [1.82, 2.24) is 0 Å².